The summed E-state index contributed by atoms with van der Waals surface area (Å²) in [6, 6.07) is 46.6. The Balaban J connectivity index is 1.35. The first kappa shape index (κ1) is 20.5. The van der Waals surface area contributed by atoms with Gasteiger partial charge in [0.05, 0.1) is 0 Å². The van der Waals surface area contributed by atoms with Gasteiger partial charge in [-0.15, -0.1) is 0 Å². The van der Waals surface area contributed by atoms with Gasteiger partial charge in [0.1, 0.15) is 0 Å². The lowest BCUT2D eigenvalue weighted by Gasteiger charge is -2.48. The maximum Gasteiger partial charge on any atom is 0.0170 e. The van der Waals surface area contributed by atoms with Crippen LogP contribution in [0, 0.1) is 5.41 Å². The van der Waals surface area contributed by atoms with Crippen molar-refractivity contribution in [3.63, 3.8) is 0 Å². The van der Waals surface area contributed by atoms with Crippen LogP contribution in [0.2, 0.25) is 0 Å². The predicted octanol–water partition coefficient (Wildman–Crippen LogP) is 9.68. The highest BCUT2D eigenvalue weighted by atomic mass is 14.6. The van der Waals surface area contributed by atoms with Crippen LogP contribution in [-0.2, 0) is 12.8 Å². The second-order valence-electron chi connectivity index (χ2n) is 12.1. The Morgan fingerprint density at radius 3 is 1.33 bits per heavy atom. The van der Waals surface area contributed by atoms with E-state index in [-0.39, 0.29) is 5.41 Å². The number of hydrogen-bond acceptors (Lipinski definition) is 0. The summed E-state index contributed by atoms with van der Waals surface area (Å²) in [6.07, 6.45) is 2.22. The van der Waals surface area contributed by atoms with Crippen LogP contribution in [0.1, 0.15) is 45.2 Å². The van der Waals surface area contributed by atoms with Crippen LogP contribution in [0.25, 0.3) is 43.1 Å². The fraction of sp³-hybridized carbons (Fsp3) is 0.128. The molecule has 0 heterocycles. The Morgan fingerprint density at radius 2 is 0.821 bits per heavy atom. The third-order valence-electron chi connectivity index (χ3n) is 10.4. The SMILES string of the molecule is c1ccc2c(c1)[C@H]1c3cccc4c3c(cc3ccccc34)CC13Cc1cc4ccccc4c4cccc(c14)[C@H]23. The molecule has 1 spiro atoms. The molecule has 7 aromatic rings. The highest BCUT2D eigenvalue weighted by molar-refractivity contribution is 6.12. The van der Waals surface area contributed by atoms with E-state index in [1.54, 1.807) is 11.1 Å². The molecule has 0 N–H and O–H groups in total. The summed E-state index contributed by atoms with van der Waals surface area (Å²) in [5, 5.41) is 11.3. The van der Waals surface area contributed by atoms with E-state index in [4.69, 9.17) is 0 Å². The zero-order chi connectivity index (χ0) is 25.3. The molecule has 7 aromatic carbocycles. The molecule has 0 aromatic heterocycles. The molecule has 3 aliphatic rings. The summed E-state index contributed by atoms with van der Waals surface area (Å²) >= 11 is 0. The number of hydrogen-bond donors (Lipinski definition) is 0. The summed E-state index contributed by atoms with van der Waals surface area (Å²) in [6.45, 7) is 0. The molecule has 0 bridgehead atoms. The molecule has 0 amide bonds. The van der Waals surface area contributed by atoms with E-state index in [1.165, 1.54) is 65.3 Å². The molecule has 182 valence electrons. The maximum atomic E-state index is 2.52. The van der Waals surface area contributed by atoms with Crippen molar-refractivity contribution in [2.24, 2.45) is 5.41 Å². The molecule has 0 saturated carbocycles. The molecule has 39 heavy (non-hydrogen) atoms. The van der Waals surface area contributed by atoms with Crippen molar-refractivity contribution >= 4 is 43.1 Å². The lowest BCUT2D eigenvalue weighted by atomic mass is 9.54. The minimum absolute atomic E-state index is 0.0944. The molecule has 0 nitrogen and oxygen atoms in total. The van der Waals surface area contributed by atoms with Crippen molar-refractivity contribution in [3.05, 3.63) is 155 Å². The van der Waals surface area contributed by atoms with Gasteiger partial charge < -0.3 is 0 Å². The van der Waals surface area contributed by atoms with Gasteiger partial charge >= 0.3 is 0 Å². The van der Waals surface area contributed by atoms with Crippen molar-refractivity contribution in [1.82, 2.24) is 0 Å². The summed E-state index contributed by atoms with van der Waals surface area (Å²) in [5.74, 6) is 0.789. The Kier molecular flexibility index (Phi) is 3.66. The lowest BCUT2D eigenvalue weighted by Crippen LogP contribution is -2.40. The predicted molar refractivity (Wildman–Crippen MR) is 163 cm³/mol. The van der Waals surface area contributed by atoms with E-state index in [0.29, 0.717) is 11.8 Å². The van der Waals surface area contributed by atoms with E-state index in [9.17, 15) is 0 Å². The molecule has 2 atom stereocenters. The van der Waals surface area contributed by atoms with Crippen LogP contribution in [0.3, 0.4) is 0 Å². The van der Waals surface area contributed by atoms with Gasteiger partial charge in [-0.1, -0.05) is 121 Å². The molecule has 10 rings (SSSR count). The normalized spacial score (nSPS) is 22.3. The van der Waals surface area contributed by atoms with Gasteiger partial charge in [0.2, 0.25) is 0 Å². The van der Waals surface area contributed by atoms with Gasteiger partial charge in [0, 0.05) is 17.3 Å². The monoisotopic (exact) mass is 494 g/mol. The third-order valence-corrected chi connectivity index (χ3v) is 10.4. The standard InChI is InChI=1S/C39H26/c1-3-11-27-23(9-1)19-25-21-39-22-26-20-24-10-2-4-12-28(24)30-16-8-18-34(36(26)30)38(39)32-14-6-5-13-31(32)37(39)33-17-7-15-29(27)35(25)33/h1-20,37-38H,21-22H2/t37-,38-,39?/m0/s1. The third kappa shape index (κ3) is 2.38. The summed E-state index contributed by atoms with van der Waals surface area (Å²) in [7, 11) is 0. The van der Waals surface area contributed by atoms with E-state index < -0.39 is 0 Å². The smallest absolute Gasteiger partial charge is 0.0170 e. The van der Waals surface area contributed by atoms with Gasteiger partial charge in [-0.2, -0.15) is 0 Å². The molecule has 0 unspecified atom stereocenters. The van der Waals surface area contributed by atoms with Crippen LogP contribution < -0.4 is 0 Å². The van der Waals surface area contributed by atoms with Gasteiger partial charge in [0.15, 0.2) is 0 Å². The van der Waals surface area contributed by atoms with Crippen molar-refractivity contribution in [2.75, 3.05) is 0 Å². The molecule has 0 aliphatic heterocycles. The zero-order valence-corrected chi connectivity index (χ0v) is 21.6. The molecule has 0 saturated heterocycles. The van der Waals surface area contributed by atoms with Crippen molar-refractivity contribution in [3.8, 4) is 0 Å². The molecule has 0 heteroatoms. The highest BCUT2D eigenvalue weighted by Gasteiger charge is 2.58. The maximum absolute atomic E-state index is 2.52. The Labute approximate surface area is 227 Å². The van der Waals surface area contributed by atoms with Crippen LogP contribution in [0.15, 0.2) is 121 Å². The van der Waals surface area contributed by atoms with Gasteiger partial charge in [0.25, 0.3) is 0 Å². The Hall–Kier alpha value is -4.42. The Morgan fingerprint density at radius 1 is 0.410 bits per heavy atom. The van der Waals surface area contributed by atoms with Crippen LogP contribution in [0.4, 0.5) is 0 Å². The summed E-state index contributed by atoms with van der Waals surface area (Å²) in [4.78, 5) is 0. The second kappa shape index (κ2) is 6.96. The van der Waals surface area contributed by atoms with Crippen molar-refractivity contribution < 1.29 is 0 Å². The first-order chi connectivity index (χ1) is 19.3. The Bertz CT molecular complexity index is 2040. The van der Waals surface area contributed by atoms with E-state index in [0.717, 1.165) is 12.8 Å². The zero-order valence-electron chi connectivity index (χ0n) is 21.6. The minimum atomic E-state index is 0.0944. The largest absolute Gasteiger partial charge is 0.0620 e. The topological polar surface area (TPSA) is 0 Å². The first-order valence-corrected chi connectivity index (χ1v) is 14.3. The van der Waals surface area contributed by atoms with Crippen LogP contribution in [-0.4, -0.2) is 0 Å². The first-order valence-electron chi connectivity index (χ1n) is 14.3. The fourth-order valence-corrected chi connectivity index (χ4v) is 9.28. The van der Waals surface area contributed by atoms with Gasteiger partial charge in [-0.05, 0) is 89.3 Å². The van der Waals surface area contributed by atoms with E-state index in [2.05, 4.69) is 121 Å². The summed E-state index contributed by atoms with van der Waals surface area (Å²) < 4.78 is 0. The average Bonchev–Trinajstić information content (AvgIpc) is 3.28. The van der Waals surface area contributed by atoms with E-state index >= 15 is 0 Å². The average molecular weight is 495 g/mol. The molecular weight excluding hydrogens is 468 g/mol. The highest BCUT2D eigenvalue weighted by Crippen LogP contribution is 2.68. The number of benzene rings is 7. The molecule has 0 radical (unpaired) electrons. The number of fused-ring (bicyclic) bond motifs is 9. The van der Waals surface area contributed by atoms with Gasteiger partial charge in [-0.3, -0.25) is 0 Å². The fourth-order valence-electron chi connectivity index (χ4n) is 9.28. The molecular formula is C39H26. The van der Waals surface area contributed by atoms with Crippen molar-refractivity contribution in [1.29, 1.82) is 0 Å². The van der Waals surface area contributed by atoms with Crippen LogP contribution >= 0.6 is 0 Å². The van der Waals surface area contributed by atoms with E-state index in [1.807, 2.05) is 0 Å². The van der Waals surface area contributed by atoms with Crippen molar-refractivity contribution in [2.45, 2.75) is 24.7 Å². The quantitative estimate of drug-likeness (QED) is 0.184. The van der Waals surface area contributed by atoms with Gasteiger partial charge in [-0.25, -0.2) is 0 Å². The number of rotatable bonds is 0. The minimum Gasteiger partial charge on any atom is -0.0620 e. The lowest BCUT2D eigenvalue weighted by molar-refractivity contribution is 0.225. The molecule has 0 fully saturated rings. The molecule has 3 aliphatic carbocycles. The second-order valence-corrected chi connectivity index (χ2v) is 12.1. The van der Waals surface area contributed by atoms with Crippen LogP contribution in [0.5, 0.6) is 0 Å². The summed E-state index contributed by atoms with van der Waals surface area (Å²) in [5.41, 5.74) is 9.31.